The Bertz CT molecular complexity index is 1120. The van der Waals surface area contributed by atoms with Gasteiger partial charge >= 0.3 is 16.3 Å². The molecule has 0 aliphatic heterocycles. The van der Waals surface area contributed by atoms with Crippen LogP contribution < -0.4 is 8.92 Å². The van der Waals surface area contributed by atoms with Crippen molar-refractivity contribution >= 4 is 16.0 Å². The number of amides is 1. The molecule has 0 N–H and O–H groups in total. The van der Waals surface area contributed by atoms with E-state index in [9.17, 15) is 26.4 Å². The Kier molecular flexibility index (Phi) is 8.29. The van der Waals surface area contributed by atoms with Crippen LogP contribution in [0.15, 0.2) is 47.4 Å². The van der Waals surface area contributed by atoms with Crippen molar-refractivity contribution < 1.29 is 35.3 Å². The Morgan fingerprint density at radius 1 is 1.03 bits per heavy atom. The number of benzene rings is 2. The van der Waals surface area contributed by atoms with Crippen molar-refractivity contribution in [1.82, 2.24) is 4.90 Å². The molecule has 0 atom stereocenters. The number of methoxy groups -OCH3 is 1. The summed E-state index contributed by atoms with van der Waals surface area (Å²) in [6.45, 7) is 10.1. The molecule has 0 spiro atoms. The van der Waals surface area contributed by atoms with E-state index in [0.29, 0.717) is 18.2 Å². The van der Waals surface area contributed by atoms with Gasteiger partial charge in [0.15, 0.2) is 11.5 Å². The fraction of sp³-hybridized carbons (Fsp3) is 0.458. The predicted molar refractivity (Wildman–Crippen MR) is 122 cm³/mol. The van der Waals surface area contributed by atoms with Crippen molar-refractivity contribution in [3.63, 3.8) is 0 Å². The highest BCUT2D eigenvalue weighted by Crippen LogP contribution is 2.34. The summed E-state index contributed by atoms with van der Waals surface area (Å²) < 4.78 is 75.0. The van der Waals surface area contributed by atoms with Crippen LogP contribution in [0, 0.1) is 11.3 Å². The summed E-state index contributed by atoms with van der Waals surface area (Å²) >= 11 is 0. The summed E-state index contributed by atoms with van der Waals surface area (Å²) in [5, 5.41) is 0. The quantitative estimate of drug-likeness (QED) is 0.446. The number of ether oxygens (including phenoxy) is 1. The van der Waals surface area contributed by atoms with E-state index in [0.717, 1.165) is 18.2 Å². The van der Waals surface area contributed by atoms with Gasteiger partial charge in [0, 0.05) is 18.5 Å². The third kappa shape index (κ3) is 7.12. The minimum Gasteiger partial charge on any atom is -0.493 e. The minimum absolute atomic E-state index is 0.0731. The average Bonchev–Trinajstić information content (AvgIpc) is 2.71. The number of rotatable bonds is 8. The lowest BCUT2D eigenvalue weighted by Gasteiger charge is -2.31. The Balaban J connectivity index is 2.41. The molecule has 2 aromatic carbocycles. The number of halogens is 3. The highest BCUT2D eigenvalue weighted by Gasteiger charge is 2.32. The van der Waals surface area contributed by atoms with Crippen LogP contribution >= 0.6 is 0 Å². The Morgan fingerprint density at radius 3 is 2.21 bits per heavy atom. The highest BCUT2D eigenvalue weighted by molar-refractivity contribution is 7.87. The van der Waals surface area contributed by atoms with Crippen molar-refractivity contribution in [2.45, 2.75) is 52.2 Å². The molecule has 0 aliphatic carbocycles. The molecule has 188 valence electrons. The number of nitrogens with zero attached hydrogens (tertiary/aromatic N) is 1. The van der Waals surface area contributed by atoms with Gasteiger partial charge in [-0.25, -0.2) is 0 Å². The van der Waals surface area contributed by atoms with Gasteiger partial charge in [-0.2, -0.15) is 21.6 Å². The van der Waals surface area contributed by atoms with Gasteiger partial charge in [-0.05, 0) is 41.8 Å². The van der Waals surface area contributed by atoms with E-state index in [4.69, 9.17) is 8.92 Å². The average molecular weight is 502 g/mol. The number of carbonyl (C=O) groups is 1. The van der Waals surface area contributed by atoms with Crippen molar-refractivity contribution in [3.05, 3.63) is 53.6 Å². The zero-order valence-electron chi connectivity index (χ0n) is 20.1. The maximum Gasteiger partial charge on any atom is 0.416 e. The second kappa shape index (κ2) is 10.2. The number of carbonyl (C=O) groups excluding carboxylic acids is 1. The van der Waals surface area contributed by atoms with Crippen LogP contribution in [0.25, 0.3) is 0 Å². The third-order valence-electron chi connectivity index (χ3n) is 4.77. The monoisotopic (exact) mass is 501 g/mol. The van der Waals surface area contributed by atoms with E-state index >= 15 is 0 Å². The molecule has 0 radical (unpaired) electrons. The zero-order valence-corrected chi connectivity index (χ0v) is 20.9. The summed E-state index contributed by atoms with van der Waals surface area (Å²) in [5.41, 5.74) is -1.15. The molecule has 0 aromatic heterocycles. The lowest BCUT2D eigenvalue weighted by atomic mass is 9.94. The molecule has 2 rings (SSSR count). The molecule has 1 amide bonds. The van der Waals surface area contributed by atoms with Gasteiger partial charge in [-0.1, -0.05) is 46.8 Å². The van der Waals surface area contributed by atoms with Crippen LogP contribution in [0.5, 0.6) is 11.5 Å². The fourth-order valence-corrected chi connectivity index (χ4v) is 4.21. The minimum atomic E-state index is -4.71. The summed E-state index contributed by atoms with van der Waals surface area (Å²) in [4.78, 5) is 14.0. The second-order valence-electron chi connectivity index (χ2n) is 9.38. The van der Waals surface area contributed by atoms with Crippen LogP contribution in [0.2, 0.25) is 0 Å². The van der Waals surface area contributed by atoms with Gasteiger partial charge in [0.05, 0.1) is 12.7 Å². The third-order valence-corrected chi connectivity index (χ3v) is 6.00. The molecule has 0 aliphatic rings. The summed E-state index contributed by atoms with van der Waals surface area (Å²) in [5.74, 6) is 0.0135. The lowest BCUT2D eigenvalue weighted by Crippen LogP contribution is -2.41. The molecule has 0 saturated heterocycles. The Hall–Kier alpha value is -2.75. The largest absolute Gasteiger partial charge is 0.493 e. The van der Waals surface area contributed by atoms with E-state index in [-0.39, 0.29) is 29.9 Å². The van der Waals surface area contributed by atoms with Crippen molar-refractivity contribution in [2.24, 2.45) is 11.3 Å². The van der Waals surface area contributed by atoms with E-state index in [1.807, 2.05) is 34.6 Å². The molecule has 0 fully saturated rings. The summed E-state index contributed by atoms with van der Waals surface area (Å²) in [7, 11) is -3.28. The molecule has 2 aromatic rings. The van der Waals surface area contributed by atoms with E-state index in [2.05, 4.69) is 0 Å². The van der Waals surface area contributed by atoms with E-state index in [1.165, 1.54) is 19.2 Å². The van der Waals surface area contributed by atoms with Crippen molar-refractivity contribution in [2.75, 3.05) is 13.7 Å². The van der Waals surface area contributed by atoms with Crippen LogP contribution in [0.1, 0.15) is 45.7 Å². The van der Waals surface area contributed by atoms with E-state index < -0.39 is 32.2 Å². The first-order valence-corrected chi connectivity index (χ1v) is 12.0. The normalized spacial score (nSPS) is 12.5. The van der Waals surface area contributed by atoms with Crippen LogP contribution in [-0.4, -0.2) is 32.9 Å². The molecule has 0 saturated carbocycles. The summed E-state index contributed by atoms with van der Waals surface area (Å²) in [6, 6.07) is 7.87. The molecule has 10 heteroatoms. The van der Waals surface area contributed by atoms with Gasteiger partial charge in [0.25, 0.3) is 0 Å². The maximum absolute atomic E-state index is 13.0. The van der Waals surface area contributed by atoms with Gasteiger partial charge in [0.1, 0.15) is 4.90 Å². The fourth-order valence-electron chi connectivity index (χ4n) is 3.23. The van der Waals surface area contributed by atoms with Crippen molar-refractivity contribution in [3.8, 4) is 11.5 Å². The number of hydrogen-bond acceptors (Lipinski definition) is 5. The highest BCUT2D eigenvalue weighted by atomic mass is 32.2. The van der Waals surface area contributed by atoms with Crippen LogP contribution in [-0.2, 0) is 27.6 Å². The lowest BCUT2D eigenvalue weighted by molar-refractivity contribution is -0.140. The SMILES string of the molecule is COc1ccc(CN(CC(C)C)C(=O)C(C)(C)C)cc1OS(=O)(=O)c1cccc(C(F)(F)F)c1. The van der Waals surface area contributed by atoms with Crippen LogP contribution in [0.3, 0.4) is 0 Å². The number of alkyl halides is 3. The topological polar surface area (TPSA) is 72.9 Å². The van der Waals surface area contributed by atoms with E-state index in [1.54, 1.807) is 11.0 Å². The van der Waals surface area contributed by atoms with Crippen LogP contribution in [0.4, 0.5) is 13.2 Å². The van der Waals surface area contributed by atoms with Gasteiger partial charge in [-0.15, -0.1) is 0 Å². The summed E-state index contributed by atoms with van der Waals surface area (Å²) in [6.07, 6.45) is -4.71. The first-order chi connectivity index (χ1) is 15.5. The molecule has 0 bridgehead atoms. The second-order valence-corrected chi connectivity index (χ2v) is 10.9. The standard InChI is InChI=1S/C24H30F3NO5S/c1-16(2)14-28(22(29)23(3,4)5)15-17-10-11-20(32-6)21(12-17)33-34(30,31)19-9-7-8-18(13-19)24(25,26)27/h7-13,16H,14-15H2,1-6H3. The molecule has 0 heterocycles. The Morgan fingerprint density at radius 2 is 1.68 bits per heavy atom. The molecule has 6 nitrogen and oxygen atoms in total. The number of hydrogen-bond donors (Lipinski definition) is 0. The first kappa shape index (κ1) is 27.5. The van der Waals surface area contributed by atoms with Gasteiger partial charge in [0.2, 0.25) is 5.91 Å². The predicted octanol–water partition coefficient (Wildman–Crippen LogP) is 5.51. The molecule has 34 heavy (non-hydrogen) atoms. The first-order valence-electron chi connectivity index (χ1n) is 10.6. The smallest absolute Gasteiger partial charge is 0.416 e. The molecular weight excluding hydrogens is 471 g/mol. The maximum atomic E-state index is 13.0. The molecule has 0 unspecified atom stereocenters. The van der Waals surface area contributed by atoms with Gasteiger partial charge < -0.3 is 13.8 Å². The molecular formula is C24H30F3NO5S. The Labute approximate surface area is 198 Å². The van der Waals surface area contributed by atoms with Gasteiger partial charge in [-0.3, -0.25) is 4.79 Å². The van der Waals surface area contributed by atoms with Crippen molar-refractivity contribution in [1.29, 1.82) is 0 Å². The zero-order chi connectivity index (χ0) is 25.9.